The lowest BCUT2D eigenvalue weighted by molar-refractivity contribution is -0.384. The van der Waals surface area contributed by atoms with Crippen molar-refractivity contribution in [2.24, 2.45) is 15.4 Å². The van der Waals surface area contributed by atoms with Crippen molar-refractivity contribution in [3.05, 3.63) is 105 Å². The normalized spacial score (nSPS) is 21.7. The second kappa shape index (κ2) is 10.1. The molecule has 3 aliphatic rings. The zero-order valence-corrected chi connectivity index (χ0v) is 22.3. The maximum Gasteiger partial charge on any atom is 0.269 e. The molecule has 200 valence electrons. The lowest BCUT2D eigenvalue weighted by Gasteiger charge is -2.25. The van der Waals surface area contributed by atoms with E-state index in [1.54, 1.807) is 36.4 Å². The molecule has 3 atom stereocenters. The average molecular weight is 602 g/mol. The summed E-state index contributed by atoms with van der Waals surface area (Å²) in [6.07, 6.45) is 0.385. The van der Waals surface area contributed by atoms with Crippen molar-refractivity contribution in [2.45, 2.75) is 24.5 Å². The lowest BCUT2D eigenvalue weighted by atomic mass is 9.98. The molecule has 3 aromatic carbocycles. The minimum Gasteiger partial charge on any atom is -0.271 e. The Hall–Kier alpha value is -4.78. The van der Waals surface area contributed by atoms with E-state index in [4.69, 9.17) is 0 Å². The van der Waals surface area contributed by atoms with E-state index in [1.165, 1.54) is 22.2 Å². The Labute approximate surface area is 235 Å². The SMILES string of the molecule is O=C1[C@H]2N=NN(CC(=O)N3N=C(c4ccccc4)C[C@H]3c3ccc([N+](=O)[O-])cc3)[C@H]2C(=O)N1c1ccc(Br)cc1. The number of rotatable bonds is 6. The third-order valence-corrected chi connectivity index (χ3v) is 7.53. The van der Waals surface area contributed by atoms with E-state index in [9.17, 15) is 24.5 Å². The number of benzene rings is 3. The van der Waals surface area contributed by atoms with Crippen LogP contribution in [0.25, 0.3) is 0 Å². The number of non-ortho nitro benzene ring substituents is 1. The van der Waals surface area contributed by atoms with Gasteiger partial charge in [0.05, 0.1) is 22.4 Å². The fourth-order valence-corrected chi connectivity index (χ4v) is 5.30. The van der Waals surface area contributed by atoms with Crippen LogP contribution in [0.5, 0.6) is 0 Å². The Morgan fingerprint density at radius 1 is 0.975 bits per heavy atom. The van der Waals surface area contributed by atoms with Crippen LogP contribution in [-0.2, 0) is 14.4 Å². The average Bonchev–Trinajstić information content (AvgIpc) is 3.65. The van der Waals surface area contributed by atoms with Gasteiger partial charge >= 0.3 is 0 Å². The summed E-state index contributed by atoms with van der Waals surface area (Å²) in [6, 6.07) is 19.5. The van der Waals surface area contributed by atoms with Crippen LogP contribution in [0.3, 0.4) is 0 Å². The van der Waals surface area contributed by atoms with Gasteiger partial charge in [0, 0.05) is 23.0 Å². The number of hydrogen-bond donors (Lipinski definition) is 0. The van der Waals surface area contributed by atoms with Crippen molar-refractivity contribution in [2.75, 3.05) is 11.4 Å². The quantitative estimate of drug-likeness (QED) is 0.237. The molecule has 3 heterocycles. The highest BCUT2D eigenvalue weighted by atomic mass is 79.9. The predicted octanol–water partition coefficient (Wildman–Crippen LogP) is 4.03. The van der Waals surface area contributed by atoms with Gasteiger partial charge in [-0.25, -0.2) is 9.91 Å². The Morgan fingerprint density at radius 2 is 1.68 bits per heavy atom. The third-order valence-electron chi connectivity index (χ3n) is 7.00. The van der Waals surface area contributed by atoms with Gasteiger partial charge in [-0.15, -0.1) is 0 Å². The van der Waals surface area contributed by atoms with Crippen LogP contribution in [0.4, 0.5) is 11.4 Å². The molecule has 1 fully saturated rings. The molecule has 3 aromatic rings. The molecule has 0 saturated carbocycles. The number of nitrogens with zero attached hydrogens (tertiary/aromatic N) is 7. The first-order chi connectivity index (χ1) is 19.3. The van der Waals surface area contributed by atoms with E-state index in [0.717, 1.165) is 14.9 Å². The number of nitro benzene ring substituents is 1. The summed E-state index contributed by atoms with van der Waals surface area (Å²) < 4.78 is 0.797. The van der Waals surface area contributed by atoms with E-state index >= 15 is 0 Å². The minimum absolute atomic E-state index is 0.0629. The Morgan fingerprint density at radius 3 is 2.35 bits per heavy atom. The van der Waals surface area contributed by atoms with Crippen LogP contribution in [0.15, 0.2) is 98.8 Å². The van der Waals surface area contributed by atoms with Gasteiger partial charge < -0.3 is 0 Å². The smallest absolute Gasteiger partial charge is 0.269 e. The summed E-state index contributed by atoms with van der Waals surface area (Å²) in [6.45, 7) is -0.340. The number of anilines is 1. The van der Waals surface area contributed by atoms with Gasteiger partial charge in [-0.3, -0.25) is 29.5 Å². The topological polar surface area (TPSA) is 141 Å². The molecule has 1 saturated heterocycles. The minimum atomic E-state index is -1.05. The summed E-state index contributed by atoms with van der Waals surface area (Å²) in [4.78, 5) is 51.7. The molecular weight excluding hydrogens is 582 g/mol. The molecule has 0 N–H and O–H groups in total. The number of nitro groups is 1. The molecule has 13 heteroatoms. The Bertz CT molecular complexity index is 1580. The molecule has 0 unspecified atom stereocenters. The number of halogens is 1. The van der Waals surface area contributed by atoms with E-state index in [-0.39, 0.29) is 12.2 Å². The van der Waals surface area contributed by atoms with Gasteiger partial charge in [-0.05, 0) is 35.4 Å². The van der Waals surface area contributed by atoms with Crippen LogP contribution in [0, 0.1) is 10.1 Å². The van der Waals surface area contributed by atoms with Crippen molar-refractivity contribution in [1.82, 2.24) is 10.0 Å². The van der Waals surface area contributed by atoms with Crippen LogP contribution in [0.1, 0.15) is 23.6 Å². The number of hydrazone groups is 1. The number of fused-ring (bicyclic) bond motifs is 1. The fourth-order valence-electron chi connectivity index (χ4n) is 5.03. The molecule has 40 heavy (non-hydrogen) atoms. The molecule has 0 aromatic heterocycles. The molecule has 3 amide bonds. The van der Waals surface area contributed by atoms with Crippen molar-refractivity contribution in [1.29, 1.82) is 0 Å². The number of amides is 3. The van der Waals surface area contributed by atoms with Gasteiger partial charge in [0.1, 0.15) is 6.54 Å². The molecular formula is C27H20BrN7O5. The van der Waals surface area contributed by atoms with Crippen molar-refractivity contribution < 1.29 is 19.3 Å². The molecule has 0 bridgehead atoms. The van der Waals surface area contributed by atoms with E-state index < -0.39 is 40.8 Å². The van der Waals surface area contributed by atoms with Gasteiger partial charge in [0.15, 0.2) is 12.1 Å². The van der Waals surface area contributed by atoms with Crippen molar-refractivity contribution in [3.63, 3.8) is 0 Å². The highest BCUT2D eigenvalue weighted by Crippen LogP contribution is 2.36. The number of carbonyl (C=O) groups excluding carboxylic acids is 3. The Balaban J connectivity index is 1.26. The molecule has 0 aliphatic carbocycles. The maximum absolute atomic E-state index is 13.7. The predicted molar refractivity (Wildman–Crippen MR) is 146 cm³/mol. The molecule has 0 radical (unpaired) electrons. The van der Waals surface area contributed by atoms with Crippen LogP contribution >= 0.6 is 15.9 Å². The van der Waals surface area contributed by atoms with E-state index in [1.807, 2.05) is 30.3 Å². The number of imide groups is 1. The first-order valence-electron chi connectivity index (χ1n) is 12.3. The highest BCUT2D eigenvalue weighted by molar-refractivity contribution is 9.10. The monoisotopic (exact) mass is 601 g/mol. The second-order valence-electron chi connectivity index (χ2n) is 9.40. The fraction of sp³-hybridized carbons (Fsp3) is 0.185. The summed E-state index contributed by atoms with van der Waals surface area (Å²) >= 11 is 3.34. The zero-order chi connectivity index (χ0) is 28.0. The third kappa shape index (κ3) is 4.43. The molecule has 12 nitrogen and oxygen atoms in total. The Kier molecular flexibility index (Phi) is 6.42. The van der Waals surface area contributed by atoms with Gasteiger partial charge in [0.2, 0.25) is 0 Å². The van der Waals surface area contributed by atoms with E-state index in [2.05, 4.69) is 31.4 Å². The standard InChI is InChI=1S/C27H20BrN7O5/c28-18-8-12-19(13-9-18)33-26(37)24-25(27(33)38)32(31-29-24)15-23(36)34-22(17-6-10-20(11-7-17)35(39)40)14-21(30-34)16-4-2-1-3-5-16/h1-13,22,24-25H,14-15H2/t22-,24-,25+/m0/s1. The van der Waals surface area contributed by atoms with Crippen LogP contribution in [-0.4, -0.2) is 57.0 Å². The number of carbonyl (C=O) groups is 3. The number of hydrogen-bond acceptors (Lipinski definition) is 9. The van der Waals surface area contributed by atoms with Crippen LogP contribution in [0.2, 0.25) is 0 Å². The zero-order valence-electron chi connectivity index (χ0n) is 20.7. The first-order valence-corrected chi connectivity index (χ1v) is 13.1. The summed E-state index contributed by atoms with van der Waals surface area (Å²) in [7, 11) is 0. The maximum atomic E-state index is 13.7. The highest BCUT2D eigenvalue weighted by Gasteiger charge is 2.55. The van der Waals surface area contributed by atoms with Gasteiger partial charge in [-0.2, -0.15) is 10.2 Å². The lowest BCUT2D eigenvalue weighted by Crippen LogP contribution is -2.44. The first kappa shape index (κ1) is 25.5. The summed E-state index contributed by atoms with van der Waals surface area (Å²) in [5, 5.41) is 26.3. The van der Waals surface area contributed by atoms with Crippen LogP contribution < -0.4 is 4.90 Å². The molecule has 6 rings (SSSR count). The molecule has 3 aliphatic heterocycles. The summed E-state index contributed by atoms with van der Waals surface area (Å²) in [5.74, 6) is -1.49. The van der Waals surface area contributed by atoms with Gasteiger partial charge in [0.25, 0.3) is 23.4 Å². The van der Waals surface area contributed by atoms with Crippen molar-refractivity contribution >= 4 is 50.7 Å². The summed E-state index contributed by atoms with van der Waals surface area (Å²) in [5.41, 5.74) is 2.53. The van der Waals surface area contributed by atoms with Gasteiger partial charge in [-0.1, -0.05) is 63.6 Å². The molecule has 0 spiro atoms. The van der Waals surface area contributed by atoms with E-state index in [0.29, 0.717) is 23.4 Å². The largest absolute Gasteiger partial charge is 0.271 e. The second-order valence-corrected chi connectivity index (χ2v) is 10.3. The van der Waals surface area contributed by atoms with Crippen molar-refractivity contribution in [3.8, 4) is 0 Å².